The number of nitrogens with two attached hydrogens (primary N) is 2. The Balaban J connectivity index is 0.000000229. The summed E-state index contributed by atoms with van der Waals surface area (Å²) < 4.78 is 101. The van der Waals surface area contributed by atoms with Gasteiger partial charge in [0.1, 0.15) is 84.8 Å². The van der Waals surface area contributed by atoms with Crippen molar-refractivity contribution in [3.05, 3.63) is 109 Å². The van der Waals surface area contributed by atoms with Crippen LogP contribution < -0.4 is 30.7 Å². The third-order valence-electron chi connectivity index (χ3n) is 16.6. The number of hydrogen-bond donors (Lipinski definition) is 4. The van der Waals surface area contributed by atoms with E-state index in [1.165, 1.54) is 59.8 Å². The lowest BCUT2D eigenvalue weighted by atomic mass is 9.86. The van der Waals surface area contributed by atoms with E-state index in [1.807, 2.05) is 12.1 Å². The van der Waals surface area contributed by atoms with E-state index >= 15 is 0 Å². The molecule has 2 aliphatic heterocycles. The zero-order chi connectivity index (χ0) is 70.4. The topological polar surface area (TPSA) is 431 Å². The number of ether oxygens (including phenoxy) is 8. The number of esters is 6. The molecule has 6 aromatic rings. The standard InChI is InChI=1S/2C32H39N6O10P/c2*1-4-25(39)45-28-27(23-14-15-24-30(34)35-19-36-38(23)24)47-32(17-33,29(28)46-26(40)5-2)18-44-49(42,48-22-12-7-6-8-13-22)37-20(3)31(41)43-16-21-10-9-11-21/h2*6-8,12-15,19-21,27-29H,4-5,9-11,16,18H2,1-3H3,(H,37,42)(H2,34,35,36)/t20-,27-,28-,29-,32+,49+;20-,27-,28-,29-,32+,49-/m00/s1. The van der Waals surface area contributed by atoms with E-state index in [4.69, 9.17) is 67.5 Å². The first-order valence-corrected chi connectivity index (χ1v) is 35.1. The van der Waals surface area contributed by atoms with Crippen molar-refractivity contribution < 1.29 is 93.9 Å². The summed E-state index contributed by atoms with van der Waals surface area (Å²) in [5.74, 6) is -3.05. The van der Waals surface area contributed by atoms with Crippen LogP contribution in [0.1, 0.15) is 129 Å². The normalized spacial score (nSPS) is 23.8. The molecular weight excluding hydrogens is 1320 g/mol. The molecular formula is C64H78N12O20P2. The van der Waals surface area contributed by atoms with Crippen LogP contribution in [0.4, 0.5) is 11.6 Å². The van der Waals surface area contributed by atoms with Crippen LogP contribution in [0, 0.1) is 34.5 Å². The SMILES string of the molecule is CCC(=O)O[C@H]1[C@H](c2ccc3c(N)ncnn23)O[C@](C#N)(CO[P@@](=O)(N[C@@H](C)C(=O)OCC2CCC2)Oc2ccccc2)[C@H]1OC(=O)CC.CCC(=O)O[C@H]1[C@H](c2ccc3c(N)ncnn23)O[C@](C#N)(CO[P@](=O)(N[C@@H](C)C(=O)OCC2CCC2)Oc2ccccc2)[C@H]1OC(=O)CC. The third kappa shape index (κ3) is 17.2. The smallest absolute Gasteiger partial charge is 0.459 e. The maximum absolute atomic E-state index is 14.4. The first kappa shape index (κ1) is 73.2. The summed E-state index contributed by atoms with van der Waals surface area (Å²) >= 11 is 0. The van der Waals surface area contributed by atoms with E-state index in [-0.39, 0.29) is 85.3 Å². The lowest BCUT2D eigenvalue weighted by Gasteiger charge is -2.30. The van der Waals surface area contributed by atoms with Gasteiger partial charge in [0.05, 0.1) is 24.6 Å². The number of nitrogens with one attached hydrogen (secondary N) is 2. The van der Waals surface area contributed by atoms with E-state index in [1.54, 1.807) is 88.4 Å². The average molecular weight is 1400 g/mol. The number of anilines is 2. The first-order chi connectivity index (χ1) is 47.0. The maximum atomic E-state index is 14.4. The number of fused-ring (bicyclic) bond motifs is 2. The summed E-state index contributed by atoms with van der Waals surface area (Å²) in [5.41, 5.74) is 9.01. The molecule has 4 fully saturated rings. The van der Waals surface area contributed by atoms with Crippen LogP contribution in [0.15, 0.2) is 97.6 Å². The molecule has 4 aliphatic rings. The molecule has 34 heteroatoms. The highest BCUT2D eigenvalue weighted by molar-refractivity contribution is 7.52. The predicted molar refractivity (Wildman–Crippen MR) is 343 cm³/mol. The van der Waals surface area contributed by atoms with E-state index in [0.717, 1.165) is 38.5 Å². The van der Waals surface area contributed by atoms with Gasteiger partial charge in [-0.25, -0.2) is 28.1 Å². The van der Waals surface area contributed by atoms with Gasteiger partial charge in [-0.05, 0) is 99.9 Å². The number of carbonyl (C=O) groups is 6. The molecule has 6 heterocycles. The molecule has 0 bridgehead atoms. The molecule has 0 radical (unpaired) electrons. The fourth-order valence-electron chi connectivity index (χ4n) is 10.7. The van der Waals surface area contributed by atoms with Crippen molar-refractivity contribution in [2.24, 2.45) is 11.8 Å². The summed E-state index contributed by atoms with van der Waals surface area (Å²) in [6.07, 6.45) is -0.297. The van der Waals surface area contributed by atoms with Crippen molar-refractivity contribution in [3.63, 3.8) is 0 Å². The molecule has 98 heavy (non-hydrogen) atoms. The Hall–Kier alpha value is -9.10. The van der Waals surface area contributed by atoms with Crippen molar-refractivity contribution in [1.82, 2.24) is 39.4 Å². The number of rotatable bonds is 30. The van der Waals surface area contributed by atoms with E-state index in [9.17, 15) is 48.4 Å². The van der Waals surface area contributed by atoms with Crippen LogP contribution in [0.2, 0.25) is 0 Å². The molecule has 10 rings (SSSR count). The van der Waals surface area contributed by atoms with E-state index < -0.39 is 124 Å². The molecule has 2 aromatic carbocycles. The highest BCUT2D eigenvalue weighted by Crippen LogP contribution is 2.52. The Labute approximate surface area is 563 Å². The summed E-state index contributed by atoms with van der Waals surface area (Å²) in [6.45, 7) is 7.92. The predicted octanol–water partition coefficient (Wildman–Crippen LogP) is 7.63. The Morgan fingerprint density at radius 3 is 1.26 bits per heavy atom. The molecule has 0 spiro atoms. The molecule has 32 nitrogen and oxygen atoms in total. The van der Waals surface area contributed by atoms with Crippen molar-refractivity contribution in [3.8, 4) is 23.6 Å². The van der Waals surface area contributed by atoms with Crippen LogP contribution in [0.25, 0.3) is 11.0 Å². The van der Waals surface area contributed by atoms with Gasteiger partial charge in [-0.3, -0.25) is 37.8 Å². The van der Waals surface area contributed by atoms with Gasteiger partial charge < -0.3 is 58.4 Å². The molecule has 0 unspecified atom stereocenters. The van der Waals surface area contributed by atoms with Gasteiger partial charge in [-0.2, -0.15) is 30.9 Å². The van der Waals surface area contributed by atoms with E-state index in [0.29, 0.717) is 11.0 Å². The molecule has 12 atom stereocenters. The van der Waals surface area contributed by atoms with Crippen molar-refractivity contribution in [2.75, 3.05) is 37.9 Å². The fourth-order valence-corrected chi connectivity index (χ4v) is 13.7. The summed E-state index contributed by atoms with van der Waals surface area (Å²) in [7, 11) is -9.04. The number of nitrogens with zero attached hydrogens (tertiary/aromatic N) is 8. The molecule has 2 aliphatic carbocycles. The second-order valence-corrected chi connectivity index (χ2v) is 26.9. The van der Waals surface area contributed by atoms with Crippen molar-refractivity contribution in [1.29, 1.82) is 10.5 Å². The zero-order valence-corrected chi connectivity index (χ0v) is 56.5. The largest absolute Gasteiger partial charge is 0.464 e. The number of nitrogen functional groups attached to an aromatic ring is 2. The Bertz CT molecular complexity index is 3740. The van der Waals surface area contributed by atoms with Crippen LogP contribution in [0.5, 0.6) is 11.5 Å². The van der Waals surface area contributed by atoms with Gasteiger partial charge in [-0.1, -0.05) is 76.9 Å². The third-order valence-corrected chi connectivity index (χ3v) is 19.8. The highest BCUT2D eigenvalue weighted by atomic mass is 31.2. The zero-order valence-electron chi connectivity index (χ0n) is 54.7. The Kier molecular flexibility index (Phi) is 24.3. The number of aromatic nitrogens is 6. The minimum atomic E-state index is -4.52. The van der Waals surface area contributed by atoms with Crippen LogP contribution in [0.3, 0.4) is 0 Å². The Morgan fingerprint density at radius 1 is 0.571 bits per heavy atom. The molecule has 4 aromatic heterocycles. The van der Waals surface area contributed by atoms with Crippen molar-refractivity contribution >= 4 is 74.0 Å². The monoisotopic (exact) mass is 1400 g/mol. The lowest BCUT2D eigenvalue weighted by Crippen LogP contribution is -2.49. The second kappa shape index (κ2) is 32.5. The molecule has 2 saturated heterocycles. The minimum absolute atomic E-state index is 0.0451. The van der Waals surface area contributed by atoms with Gasteiger partial charge in [-0.15, -0.1) is 0 Å². The molecule has 6 N–H and O–H groups in total. The number of hydrogen-bond acceptors (Lipinski definition) is 28. The number of para-hydroxylation sites is 2. The molecule has 524 valence electrons. The highest BCUT2D eigenvalue weighted by Gasteiger charge is 2.64. The number of benzene rings is 2. The summed E-state index contributed by atoms with van der Waals surface area (Å²) in [6, 6.07) is 24.2. The number of carbonyl (C=O) groups excluding carboxylic acids is 6. The second-order valence-electron chi connectivity index (χ2n) is 23.5. The van der Waals surface area contributed by atoms with Crippen LogP contribution in [-0.4, -0.2) is 139 Å². The van der Waals surface area contributed by atoms with Gasteiger partial charge >= 0.3 is 51.3 Å². The van der Waals surface area contributed by atoms with Crippen molar-refractivity contribution in [2.45, 2.75) is 166 Å². The lowest BCUT2D eigenvalue weighted by molar-refractivity contribution is -0.169. The number of nitriles is 2. The molecule has 2 saturated carbocycles. The average Bonchev–Trinajstić information content (AvgIpc) is 1.59. The van der Waals surface area contributed by atoms with Crippen LogP contribution >= 0.6 is 15.5 Å². The fraction of sp³-hybridized carbons (Fsp3) is 0.500. The van der Waals surface area contributed by atoms with Gasteiger partial charge in [0.25, 0.3) is 0 Å². The Morgan fingerprint density at radius 2 is 0.929 bits per heavy atom. The van der Waals surface area contributed by atoms with Gasteiger partial charge in [0.15, 0.2) is 36.1 Å². The maximum Gasteiger partial charge on any atom is 0.459 e. The first-order valence-electron chi connectivity index (χ1n) is 32.0. The minimum Gasteiger partial charge on any atom is -0.464 e. The van der Waals surface area contributed by atoms with Gasteiger partial charge in [0, 0.05) is 25.7 Å². The quantitative estimate of drug-likeness (QED) is 0.0191. The van der Waals surface area contributed by atoms with E-state index in [2.05, 4.69) is 30.3 Å². The van der Waals surface area contributed by atoms with Gasteiger partial charge in [0.2, 0.25) is 11.2 Å². The summed E-state index contributed by atoms with van der Waals surface area (Å²) in [5, 5.41) is 35.1. The summed E-state index contributed by atoms with van der Waals surface area (Å²) in [4.78, 5) is 84.7. The molecule has 0 amide bonds. The van der Waals surface area contributed by atoms with Crippen LogP contribution in [-0.2, 0) is 84.8 Å².